The van der Waals surface area contributed by atoms with Crippen LogP contribution in [-0.4, -0.2) is 40.6 Å². The van der Waals surface area contributed by atoms with Gasteiger partial charge in [0.15, 0.2) is 0 Å². The van der Waals surface area contributed by atoms with Gasteiger partial charge in [0.05, 0.1) is 5.56 Å². The zero-order valence-electron chi connectivity index (χ0n) is 13.7. The second kappa shape index (κ2) is 7.93. The Balaban J connectivity index is 1.72. The number of aliphatic hydroxyl groups is 1. The molecule has 1 amide bonds. The highest BCUT2D eigenvalue weighted by Crippen LogP contribution is 2.22. The molecule has 0 spiro atoms. The zero-order valence-corrected chi connectivity index (χ0v) is 13.7. The first-order valence-corrected chi connectivity index (χ1v) is 8.40. The van der Waals surface area contributed by atoms with E-state index in [1.165, 1.54) is 0 Å². The van der Waals surface area contributed by atoms with Gasteiger partial charge in [0.1, 0.15) is 0 Å². The molecule has 0 saturated carbocycles. The number of nitrogens with zero attached hydrogens (tertiary/aromatic N) is 2. The first-order chi connectivity index (χ1) is 11.8. The second-order valence-electron chi connectivity index (χ2n) is 6.20. The highest BCUT2D eigenvalue weighted by atomic mass is 16.3. The van der Waals surface area contributed by atoms with E-state index in [4.69, 9.17) is 0 Å². The summed E-state index contributed by atoms with van der Waals surface area (Å²) < 4.78 is 0. The van der Waals surface area contributed by atoms with Crippen LogP contribution in [0.3, 0.4) is 0 Å². The molecule has 0 bridgehead atoms. The van der Waals surface area contributed by atoms with E-state index < -0.39 is 0 Å². The standard InChI is InChI=1S/C19H23N3O2/c23-14-16-6-4-10-22(13-16)19(24)17-7-1-2-8-18(17)21-12-15-5-3-9-20-11-15/h1-3,5,7-9,11,16,21,23H,4,6,10,12-14H2. The Morgan fingerprint density at radius 1 is 1.29 bits per heavy atom. The molecule has 2 heterocycles. The van der Waals surface area contributed by atoms with Gasteiger partial charge in [-0.2, -0.15) is 0 Å². The lowest BCUT2D eigenvalue weighted by Gasteiger charge is -2.32. The van der Waals surface area contributed by atoms with E-state index in [9.17, 15) is 9.90 Å². The highest BCUT2D eigenvalue weighted by molar-refractivity contribution is 5.99. The summed E-state index contributed by atoms with van der Waals surface area (Å²) in [5, 5.41) is 12.7. The number of para-hydroxylation sites is 1. The predicted molar refractivity (Wildman–Crippen MR) is 93.7 cm³/mol. The van der Waals surface area contributed by atoms with Crippen LogP contribution < -0.4 is 5.32 Å². The molecule has 1 aromatic carbocycles. The summed E-state index contributed by atoms with van der Waals surface area (Å²) in [7, 11) is 0. The average Bonchev–Trinajstić information content (AvgIpc) is 2.67. The van der Waals surface area contributed by atoms with Crippen molar-refractivity contribution < 1.29 is 9.90 Å². The molecular weight excluding hydrogens is 302 g/mol. The van der Waals surface area contributed by atoms with Crippen LogP contribution >= 0.6 is 0 Å². The minimum absolute atomic E-state index is 0.0300. The third kappa shape index (κ3) is 3.92. The molecule has 1 aliphatic heterocycles. The number of hydrogen-bond acceptors (Lipinski definition) is 4. The lowest BCUT2D eigenvalue weighted by Crippen LogP contribution is -2.41. The molecule has 2 aromatic rings. The molecule has 1 aromatic heterocycles. The largest absolute Gasteiger partial charge is 0.396 e. The molecule has 1 unspecified atom stereocenters. The number of carbonyl (C=O) groups excluding carboxylic acids is 1. The first kappa shape index (κ1) is 16.5. The van der Waals surface area contributed by atoms with Gasteiger partial charge in [0, 0.05) is 44.3 Å². The summed E-state index contributed by atoms with van der Waals surface area (Å²) >= 11 is 0. The summed E-state index contributed by atoms with van der Waals surface area (Å²) in [5.74, 6) is 0.223. The number of aliphatic hydroxyl groups excluding tert-OH is 1. The summed E-state index contributed by atoms with van der Waals surface area (Å²) in [4.78, 5) is 18.8. The van der Waals surface area contributed by atoms with Gasteiger partial charge in [-0.25, -0.2) is 0 Å². The number of piperidine rings is 1. The lowest BCUT2D eigenvalue weighted by atomic mass is 9.98. The van der Waals surface area contributed by atoms with Gasteiger partial charge in [0.25, 0.3) is 5.91 Å². The molecular formula is C19H23N3O2. The minimum atomic E-state index is 0.0300. The van der Waals surface area contributed by atoms with Crippen LogP contribution in [0.4, 0.5) is 5.69 Å². The number of aromatic nitrogens is 1. The van der Waals surface area contributed by atoms with Crippen molar-refractivity contribution in [2.75, 3.05) is 25.0 Å². The van der Waals surface area contributed by atoms with Crippen LogP contribution in [0.15, 0.2) is 48.8 Å². The van der Waals surface area contributed by atoms with Crippen molar-refractivity contribution in [1.82, 2.24) is 9.88 Å². The van der Waals surface area contributed by atoms with Crippen LogP contribution in [0, 0.1) is 5.92 Å². The van der Waals surface area contributed by atoms with Crippen LogP contribution in [0.25, 0.3) is 0 Å². The number of nitrogens with one attached hydrogen (secondary N) is 1. The fraction of sp³-hybridized carbons (Fsp3) is 0.368. The number of pyridine rings is 1. The SMILES string of the molecule is O=C(c1ccccc1NCc1cccnc1)N1CCCC(CO)C1. The van der Waals surface area contributed by atoms with Crippen LogP contribution in [-0.2, 0) is 6.54 Å². The van der Waals surface area contributed by atoms with Crippen molar-refractivity contribution in [2.24, 2.45) is 5.92 Å². The quantitative estimate of drug-likeness (QED) is 0.887. The first-order valence-electron chi connectivity index (χ1n) is 8.40. The molecule has 1 saturated heterocycles. The Kier molecular flexibility index (Phi) is 5.43. The molecule has 24 heavy (non-hydrogen) atoms. The zero-order chi connectivity index (χ0) is 16.8. The van der Waals surface area contributed by atoms with Crippen molar-refractivity contribution in [3.63, 3.8) is 0 Å². The van der Waals surface area contributed by atoms with E-state index in [2.05, 4.69) is 10.3 Å². The topological polar surface area (TPSA) is 65.5 Å². The second-order valence-corrected chi connectivity index (χ2v) is 6.20. The van der Waals surface area contributed by atoms with Gasteiger partial charge in [-0.1, -0.05) is 18.2 Å². The van der Waals surface area contributed by atoms with Gasteiger partial charge < -0.3 is 15.3 Å². The van der Waals surface area contributed by atoms with Gasteiger partial charge >= 0.3 is 0 Å². The molecule has 5 heteroatoms. The molecule has 126 valence electrons. The Bertz CT molecular complexity index is 675. The summed E-state index contributed by atoms with van der Waals surface area (Å²) in [6.07, 6.45) is 5.49. The highest BCUT2D eigenvalue weighted by Gasteiger charge is 2.25. The van der Waals surface area contributed by atoms with Crippen molar-refractivity contribution in [3.8, 4) is 0 Å². The number of carbonyl (C=O) groups is 1. The molecule has 1 aliphatic rings. The third-order valence-corrected chi connectivity index (χ3v) is 4.43. The molecule has 3 rings (SSSR count). The number of benzene rings is 1. The van der Waals surface area contributed by atoms with Gasteiger partial charge in [-0.05, 0) is 42.5 Å². The Morgan fingerprint density at radius 2 is 2.17 bits per heavy atom. The predicted octanol–water partition coefficient (Wildman–Crippen LogP) is 2.54. The maximum Gasteiger partial charge on any atom is 0.255 e. The lowest BCUT2D eigenvalue weighted by molar-refractivity contribution is 0.0621. The molecule has 5 nitrogen and oxygen atoms in total. The van der Waals surface area contributed by atoms with Gasteiger partial charge in [-0.15, -0.1) is 0 Å². The average molecular weight is 325 g/mol. The van der Waals surface area contributed by atoms with Crippen molar-refractivity contribution in [2.45, 2.75) is 19.4 Å². The van der Waals surface area contributed by atoms with Crippen LogP contribution in [0.5, 0.6) is 0 Å². The number of likely N-dealkylation sites (tertiary alicyclic amines) is 1. The minimum Gasteiger partial charge on any atom is -0.396 e. The fourth-order valence-corrected chi connectivity index (χ4v) is 3.09. The molecule has 2 N–H and O–H groups in total. The van der Waals surface area contributed by atoms with Gasteiger partial charge in [0.2, 0.25) is 0 Å². The number of amides is 1. The van der Waals surface area contributed by atoms with Gasteiger partial charge in [-0.3, -0.25) is 9.78 Å². The van der Waals surface area contributed by atoms with Crippen LogP contribution in [0.1, 0.15) is 28.8 Å². The number of rotatable bonds is 5. The smallest absolute Gasteiger partial charge is 0.255 e. The monoisotopic (exact) mass is 325 g/mol. The number of anilines is 1. The van der Waals surface area contributed by atoms with E-state index in [0.717, 1.165) is 30.6 Å². The third-order valence-electron chi connectivity index (χ3n) is 4.43. The van der Waals surface area contributed by atoms with E-state index >= 15 is 0 Å². The maximum atomic E-state index is 12.9. The normalized spacial score (nSPS) is 17.5. The molecule has 0 aliphatic carbocycles. The van der Waals surface area contributed by atoms with Crippen LogP contribution in [0.2, 0.25) is 0 Å². The van der Waals surface area contributed by atoms with Crippen molar-refractivity contribution in [3.05, 3.63) is 59.9 Å². The molecule has 1 atom stereocenters. The van der Waals surface area contributed by atoms with Crippen molar-refractivity contribution >= 4 is 11.6 Å². The Hall–Kier alpha value is -2.40. The molecule has 1 fully saturated rings. The molecule has 0 radical (unpaired) electrons. The van der Waals surface area contributed by atoms with Crippen molar-refractivity contribution in [1.29, 1.82) is 0 Å². The Morgan fingerprint density at radius 3 is 2.96 bits per heavy atom. The Labute approximate surface area is 142 Å². The summed E-state index contributed by atoms with van der Waals surface area (Å²) in [6.45, 7) is 2.15. The van der Waals surface area contributed by atoms with E-state index in [-0.39, 0.29) is 18.4 Å². The van der Waals surface area contributed by atoms with E-state index in [1.807, 2.05) is 47.5 Å². The number of hydrogen-bond donors (Lipinski definition) is 2. The maximum absolute atomic E-state index is 12.9. The summed E-state index contributed by atoms with van der Waals surface area (Å²) in [5.41, 5.74) is 2.58. The van der Waals surface area contributed by atoms with E-state index in [1.54, 1.807) is 6.20 Å². The summed E-state index contributed by atoms with van der Waals surface area (Å²) in [6, 6.07) is 11.5. The fourth-order valence-electron chi connectivity index (χ4n) is 3.09. The van der Waals surface area contributed by atoms with E-state index in [0.29, 0.717) is 18.7 Å².